The Bertz CT molecular complexity index is 714. The monoisotopic (exact) mass is 660 g/mol. The quantitative estimate of drug-likeness (QED) is 0.0447. The fourth-order valence-electron chi connectivity index (χ4n) is 4.91. The highest BCUT2D eigenvalue weighted by molar-refractivity contribution is 5.94. The molecule has 0 bridgehead atoms. The standard InChI is InChI=1S/C36H68O10/c1-7-13-21-39-28-30-31(40-22-14-8-2)32(41-23-15-9-3)33(42-24-16-10-4)36(46-30)45-27-19-20-29(34(37)43-25-17-11-5)35(38)44-26-18-12-6/h29-33,36H,7-28H2,1-6H3. The summed E-state index contributed by atoms with van der Waals surface area (Å²) < 4.78 is 49.1. The van der Waals surface area contributed by atoms with E-state index in [0.29, 0.717) is 52.7 Å². The third-order valence-corrected chi connectivity index (χ3v) is 7.91. The normalized spacial score (nSPS) is 21.5. The molecule has 1 saturated heterocycles. The van der Waals surface area contributed by atoms with Gasteiger partial charge in [0, 0.05) is 33.0 Å². The van der Waals surface area contributed by atoms with Gasteiger partial charge in [0.2, 0.25) is 0 Å². The maximum atomic E-state index is 12.8. The molecule has 0 aromatic rings. The van der Waals surface area contributed by atoms with E-state index in [-0.39, 0.29) is 19.1 Å². The smallest absolute Gasteiger partial charge is 0.320 e. The molecule has 0 spiro atoms. The number of hydrogen-bond donors (Lipinski definition) is 0. The second-order valence-electron chi connectivity index (χ2n) is 12.1. The van der Waals surface area contributed by atoms with Crippen LogP contribution in [0.2, 0.25) is 0 Å². The van der Waals surface area contributed by atoms with Crippen molar-refractivity contribution in [2.24, 2.45) is 5.92 Å². The van der Waals surface area contributed by atoms with Gasteiger partial charge in [-0.05, 0) is 51.4 Å². The minimum Gasteiger partial charge on any atom is -0.465 e. The molecule has 0 N–H and O–H groups in total. The molecule has 0 radical (unpaired) electrons. The van der Waals surface area contributed by atoms with Crippen LogP contribution >= 0.6 is 0 Å². The van der Waals surface area contributed by atoms with Crippen LogP contribution < -0.4 is 0 Å². The third kappa shape index (κ3) is 17.7. The molecule has 1 aliphatic rings. The predicted octanol–water partition coefficient (Wildman–Crippen LogP) is 7.18. The van der Waals surface area contributed by atoms with Crippen LogP contribution in [0.4, 0.5) is 0 Å². The van der Waals surface area contributed by atoms with E-state index in [2.05, 4.69) is 27.7 Å². The number of hydrogen-bond acceptors (Lipinski definition) is 10. The molecule has 0 aromatic carbocycles. The Hall–Kier alpha value is -1.30. The Morgan fingerprint density at radius 2 is 0.957 bits per heavy atom. The molecule has 10 nitrogen and oxygen atoms in total. The van der Waals surface area contributed by atoms with Crippen molar-refractivity contribution in [3.8, 4) is 0 Å². The number of esters is 2. The molecule has 46 heavy (non-hydrogen) atoms. The van der Waals surface area contributed by atoms with E-state index >= 15 is 0 Å². The Balaban J connectivity index is 3.10. The SMILES string of the molecule is CCCCOCC1OC(OCCCC(C(=O)OCCCC)C(=O)OCCCC)C(OCCCC)C(OCCCC)C1OCCCC. The van der Waals surface area contributed by atoms with Crippen molar-refractivity contribution in [2.45, 2.75) is 162 Å². The molecule has 1 rings (SSSR count). The molecular weight excluding hydrogens is 592 g/mol. The molecule has 0 aromatic heterocycles. The van der Waals surface area contributed by atoms with E-state index in [0.717, 1.165) is 77.0 Å². The number of carbonyl (C=O) groups excluding carboxylic acids is 2. The number of rotatable bonds is 30. The van der Waals surface area contributed by atoms with Crippen molar-refractivity contribution in [3.05, 3.63) is 0 Å². The summed E-state index contributed by atoms with van der Waals surface area (Å²) in [6.45, 7) is 16.2. The summed E-state index contributed by atoms with van der Waals surface area (Å²) in [5.74, 6) is -2.06. The van der Waals surface area contributed by atoms with Gasteiger partial charge in [0.05, 0.1) is 19.8 Å². The van der Waals surface area contributed by atoms with Crippen LogP contribution in [0.15, 0.2) is 0 Å². The summed E-state index contributed by atoms with van der Waals surface area (Å²) >= 11 is 0. The van der Waals surface area contributed by atoms with Gasteiger partial charge in [-0.2, -0.15) is 0 Å². The lowest BCUT2D eigenvalue weighted by Crippen LogP contribution is -2.62. The van der Waals surface area contributed by atoms with Crippen molar-refractivity contribution >= 4 is 11.9 Å². The van der Waals surface area contributed by atoms with Crippen molar-refractivity contribution in [1.82, 2.24) is 0 Å². The summed E-state index contributed by atoms with van der Waals surface area (Å²) in [7, 11) is 0. The second kappa shape index (κ2) is 28.7. The molecule has 272 valence electrons. The summed E-state index contributed by atoms with van der Waals surface area (Å²) in [6, 6.07) is 0. The Labute approximate surface area is 280 Å². The third-order valence-electron chi connectivity index (χ3n) is 7.91. The van der Waals surface area contributed by atoms with Crippen LogP contribution in [-0.2, 0) is 47.5 Å². The molecule has 0 saturated carbocycles. The highest BCUT2D eigenvalue weighted by Gasteiger charge is 2.49. The second-order valence-corrected chi connectivity index (χ2v) is 12.1. The highest BCUT2D eigenvalue weighted by atomic mass is 16.7. The zero-order valence-corrected chi connectivity index (χ0v) is 30.1. The van der Waals surface area contributed by atoms with Crippen LogP contribution in [-0.4, -0.2) is 95.5 Å². The van der Waals surface area contributed by atoms with Crippen molar-refractivity contribution in [3.63, 3.8) is 0 Å². The van der Waals surface area contributed by atoms with E-state index in [9.17, 15) is 9.59 Å². The average Bonchev–Trinajstić information content (AvgIpc) is 3.05. The first-order chi connectivity index (χ1) is 22.5. The Morgan fingerprint density at radius 1 is 0.522 bits per heavy atom. The highest BCUT2D eigenvalue weighted by Crippen LogP contribution is 2.30. The summed E-state index contributed by atoms with van der Waals surface area (Å²) in [6.07, 6.45) is 9.41. The minimum atomic E-state index is -0.984. The molecular formula is C36H68O10. The maximum Gasteiger partial charge on any atom is 0.320 e. The minimum absolute atomic E-state index is 0.256. The van der Waals surface area contributed by atoms with Crippen molar-refractivity contribution < 1.29 is 47.5 Å². The van der Waals surface area contributed by atoms with Crippen LogP contribution in [0, 0.1) is 5.92 Å². The van der Waals surface area contributed by atoms with Crippen molar-refractivity contribution in [1.29, 1.82) is 0 Å². The fraction of sp³-hybridized carbons (Fsp3) is 0.944. The topological polar surface area (TPSA) is 108 Å². The average molecular weight is 661 g/mol. The van der Waals surface area contributed by atoms with Gasteiger partial charge in [-0.1, -0.05) is 80.1 Å². The predicted molar refractivity (Wildman–Crippen MR) is 179 cm³/mol. The molecule has 1 aliphatic heterocycles. The van der Waals surface area contributed by atoms with Gasteiger partial charge < -0.3 is 37.9 Å². The maximum absolute atomic E-state index is 12.8. The molecule has 5 atom stereocenters. The summed E-state index contributed by atoms with van der Waals surface area (Å²) in [4.78, 5) is 25.7. The van der Waals surface area contributed by atoms with Gasteiger partial charge >= 0.3 is 11.9 Å². The Morgan fingerprint density at radius 3 is 1.48 bits per heavy atom. The molecule has 0 amide bonds. The van der Waals surface area contributed by atoms with Crippen LogP contribution in [0.25, 0.3) is 0 Å². The van der Waals surface area contributed by atoms with Gasteiger partial charge in [-0.15, -0.1) is 0 Å². The van der Waals surface area contributed by atoms with Gasteiger partial charge in [-0.25, -0.2) is 0 Å². The summed E-state index contributed by atoms with van der Waals surface area (Å²) in [5, 5.41) is 0. The molecule has 0 aliphatic carbocycles. The first kappa shape index (κ1) is 42.7. The fourth-order valence-corrected chi connectivity index (χ4v) is 4.91. The van der Waals surface area contributed by atoms with E-state index < -0.39 is 42.5 Å². The summed E-state index contributed by atoms with van der Waals surface area (Å²) in [5.41, 5.74) is 0. The van der Waals surface area contributed by atoms with Crippen LogP contribution in [0.1, 0.15) is 131 Å². The molecule has 1 fully saturated rings. The lowest BCUT2D eigenvalue weighted by atomic mass is 9.98. The molecule has 5 unspecified atom stereocenters. The lowest BCUT2D eigenvalue weighted by molar-refractivity contribution is -0.323. The van der Waals surface area contributed by atoms with E-state index in [4.69, 9.17) is 37.9 Å². The van der Waals surface area contributed by atoms with Gasteiger partial charge in [0.15, 0.2) is 12.2 Å². The van der Waals surface area contributed by atoms with E-state index in [1.165, 1.54) is 0 Å². The van der Waals surface area contributed by atoms with Gasteiger partial charge in [0.1, 0.15) is 24.4 Å². The first-order valence-electron chi connectivity index (χ1n) is 18.5. The zero-order chi connectivity index (χ0) is 33.8. The number of ether oxygens (including phenoxy) is 8. The number of unbranched alkanes of at least 4 members (excludes halogenated alkanes) is 6. The largest absolute Gasteiger partial charge is 0.465 e. The lowest BCUT2D eigenvalue weighted by Gasteiger charge is -2.46. The number of carbonyl (C=O) groups is 2. The van der Waals surface area contributed by atoms with Gasteiger partial charge in [-0.3, -0.25) is 9.59 Å². The van der Waals surface area contributed by atoms with Gasteiger partial charge in [0.25, 0.3) is 0 Å². The van der Waals surface area contributed by atoms with Crippen molar-refractivity contribution in [2.75, 3.05) is 52.9 Å². The zero-order valence-electron chi connectivity index (χ0n) is 30.1. The Kier molecular flexibility index (Phi) is 26.6. The van der Waals surface area contributed by atoms with Crippen LogP contribution in [0.3, 0.4) is 0 Å². The first-order valence-corrected chi connectivity index (χ1v) is 18.5. The molecule has 10 heteroatoms. The van der Waals surface area contributed by atoms with Crippen LogP contribution in [0.5, 0.6) is 0 Å². The molecule has 1 heterocycles. The van der Waals surface area contributed by atoms with E-state index in [1.807, 2.05) is 13.8 Å². The van der Waals surface area contributed by atoms with E-state index in [1.54, 1.807) is 0 Å².